The van der Waals surface area contributed by atoms with Gasteiger partial charge in [0.05, 0.1) is 0 Å². The first-order chi connectivity index (χ1) is 13.8. The zero-order chi connectivity index (χ0) is 24.1. The molecule has 16 heteroatoms. The molecule has 0 aliphatic heterocycles. The molecule has 0 heterocycles. The molecule has 180 valence electrons. The van der Waals surface area contributed by atoms with Crippen molar-refractivity contribution < 1.29 is 0 Å². The predicted octanol–water partition coefficient (Wildman–Crippen LogP) is 11.3. The summed E-state index contributed by atoms with van der Waals surface area (Å²) in [5.74, 6) is 0. The highest BCUT2D eigenvalue weighted by molar-refractivity contribution is 7.66. The monoisotopic (exact) mass is 732 g/mol. The van der Waals surface area contributed by atoms with Crippen molar-refractivity contribution in [2.24, 2.45) is 0 Å². The summed E-state index contributed by atoms with van der Waals surface area (Å²) < 4.78 is 0. The van der Waals surface area contributed by atoms with Gasteiger partial charge in [0.25, 0.3) is 0 Å². The lowest BCUT2D eigenvalue weighted by Crippen LogP contribution is -2.33. The number of halogens is 12. The number of benzene rings is 1. The first kappa shape index (κ1) is 32.6. The molecule has 1 aromatic rings. The maximum Gasteiger partial charge on any atom is 0.341 e. The lowest BCUT2D eigenvalue weighted by Gasteiger charge is -2.38. The quantitative estimate of drug-likeness (QED) is 0.140. The summed E-state index contributed by atoms with van der Waals surface area (Å²) in [6.07, 6.45) is 2.31. The Hall–Kier alpha value is 3.57. The van der Waals surface area contributed by atoms with Crippen LogP contribution >= 0.6 is 133 Å². The Morgan fingerprint density at radius 3 is 1.23 bits per heavy atom. The van der Waals surface area contributed by atoms with Gasteiger partial charge in [-0.3, -0.25) is 0 Å². The Balaban J connectivity index is 3.48. The molecule has 1 rings (SSSR count). The van der Waals surface area contributed by atoms with Gasteiger partial charge < -0.3 is 0 Å². The van der Waals surface area contributed by atoms with Gasteiger partial charge in [-0.05, 0) is 66.4 Å². The van der Waals surface area contributed by atoms with Crippen molar-refractivity contribution in [1.82, 2.24) is 0 Å². The summed E-state index contributed by atoms with van der Waals surface area (Å²) in [7, 11) is 0. The molecule has 0 saturated heterocycles. The Labute approximate surface area is 244 Å². The molecule has 0 nitrogen and oxygen atoms in total. The molecule has 0 unspecified atom stereocenters. The maximum atomic E-state index is 6.25. The number of aryl methyl sites for hydroxylation is 1. The summed E-state index contributed by atoms with van der Waals surface area (Å²) in [5.41, 5.74) is 1.61. The van der Waals surface area contributed by atoms with Crippen LogP contribution in [-0.4, -0.2) is 24.0 Å². The minimum absolute atomic E-state index is 0.425. The van der Waals surface area contributed by atoms with Crippen molar-refractivity contribution in [3.63, 3.8) is 0 Å². The Morgan fingerprint density at radius 2 is 0.871 bits per heavy atom. The molecule has 0 amide bonds. The molecular weight excluding hydrogens is 718 g/mol. The second-order valence-corrected chi connectivity index (χ2v) is 44.5. The van der Waals surface area contributed by atoms with Crippen LogP contribution in [0.4, 0.5) is 0 Å². The molecular formula is C15H20Cl12Si4. The zero-order valence-corrected chi connectivity index (χ0v) is 29.1. The summed E-state index contributed by atoms with van der Waals surface area (Å²) in [6.45, 7) is 0. The van der Waals surface area contributed by atoms with Crippen molar-refractivity contribution in [1.29, 1.82) is 0 Å². The van der Waals surface area contributed by atoms with Crippen LogP contribution in [0.3, 0.4) is 0 Å². The van der Waals surface area contributed by atoms with Crippen LogP contribution in [-0.2, 0) is 11.8 Å². The van der Waals surface area contributed by atoms with E-state index in [2.05, 4.69) is 0 Å². The standard InChI is InChI=1S/C15H20Cl12Si4/c16-28(17,18)9-5-13-3-1-2-4-14(13)15(6-10-29(19,20)21,7-11-30(22,23)24)8-12-31(25,26)27/h1-4H,5-12H2. The van der Waals surface area contributed by atoms with Crippen molar-refractivity contribution in [3.05, 3.63) is 35.4 Å². The topological polar surface area (TPSA) is 0 Å². The third kappa shape index (κ3) is 14.8. The molecule has 1 aromatic carbocycles. The fourth-order valence-electron chi connectivity index (χ4n) is 3.45. The molecule has 0 saturated carbocycles. The van der Waals surface area contributed by atoms with E-state index in [1.807, 2.05) is 24.3 Å². The van der Waals surface area contributed by atoms with E-state index in [1.54, 1.807) is 0 Å². The van der Waals surface area contributed by atoms with Gasteiger partial charge in [-0.2, -0.15) is 0 Å². The van der Waals surface area contributed by atoms with Gasteiger partial charge in [0, 0.05) is 0 Å². The molecule has 0 fully saturated rings. The average Bonchev–Trinajstić information content (AvgIpc) is 2.57. The van der Waals surface area contributed by atoms with E-state index in [4.69, 9.17) is 133 Å². The number of rotatable bonds is 13. The molecule has 0 radical (unpaired) electrons. The third-order valence-electron chi connectivity index (χ3n) is 4.93. The van der Waals surface area contributed by atoms with E-state index in [0.29, 0.717) is 49.9 Å². The van der Waals surface area contributed by atoms with Crippen LogP contribution in [0.15, 0.2) is 24.3 Å². The average molecular weight is 738 g/mol. The summed E-state index contributed by atoms with van der Waals surface area (Å²) in [4.78, 5) is 0. The van der Waals surface area contributed by atoms with E-state index in [1.165, 1.54) is 0 Å². The van der Waals surface area contributed by atoms with E-state index >= 15 is 0 Å². The fraction of sp³-hybridized carbons (Fsp3) is 0.600. The molecule has 0 atom stereocenters. The van der Waals surface area contributed by atoms with Gasteiger partial charge >= 0.3 is 24.0 Å². The largest absolute Gasteiger partial charge is 0.341 e. The van der Waals surface area contributed by atoms with Crippen molar-refractivity contribution in [2.45, 2.75) is 55.3 Å². The SMILES string of the molecule is Cl[Si](Cl)(Cl)CCc1ccccc1C(CC[Si](Cl)(Cl)Cl)(CC[Si](Cl)(Cl)Cl)CC[Si](Cl)(Cl)Cl. The lowest BCUT2D eigenvalue weighted by molar-refractivity contribution is 0.377. The second-order valence-electron chi connectivity index (χ2n) is 7.40. The zero-order valence-electron chi connectivity index (χ0n) is 16.0. The van der Waals surface area contributed by atoms with Crippen LogP contribution in [0.2, 0.25) is 24.2 Å². The Kier molecular flexibility index (Phi) is 14.1. The molecule has 31 heavy (non-hydrogen) atoms. The minimum atomic E-state index is -2.93. The summed E-state index contributed by atoms with van der Waals surface area (Å²) in [5, 5.41) is 0. The van der Waals surface area contributed by atoms with E-state index in [-0.39, 0.29) is 0 Å². The van der Waals surface area contributed by atoms with Crippen LogP contribution in [0.25, 0.3) is 0 Å². The number of hydrogen-bond acceptors (Lipinski definition) is 0. The highest BCUT2D eigenvalue weighted by Gasteiger charge is 2.42. The molecule has 0 spiro atoms. The third-order valence-corrected chi connectivity index (χ3v) is 15.0. The first-order valence-corrected chi connectivity index (χ1v) is 30.1. The highest BCUT2D eigenvalue weighted by atomic mass is 35.9. The highest BCUT2D eigenvalue weighted by Crippen LogP contribution is 2.48. The van der Waals surface area contributed by atoms with Crippen LogP contribution in [0, 0.1) is 0 Å². The molecule has 0 N–H and O–H groups in total. The van der Waals surface area contributed by atoms with E-state index < -0.39 is 29.4 Å². The summed E-state index contributed by atoms with van der Waals surface area (Å²) in [6, 6.07) is -1.92. The lowest BCUT2D eigenvalue weighted by atomic mass is 9.71. The molecule has 0 aromatic heterocycles. The van der Waals surface area contributed by atoms with Gasteiger partial charge in [0.1, 0.15) is 0 Å². The molecule has 0 aliphatic rings. The maximum absolute atomic E-state index is 6.25. The van der Waals surface area contributed by atoms with Gasteiger partial charge in [-0.25, -0.2) is 0 Å². The fourth-order valence-corrected chi connectivity index (χ4v) is 9.69. The normalized spacial score (nSPS) is 14.2. The van der Waals surface area contributed by atoms with Crippen molar-refractivity contribution in [2.75, 3.05) is 0 Å². The molecule has 0 bridgehead atoms. The van der Waals surface area contributed by atoms with E-state index in [9.17, 15) is 0 Å². The Bertz CT molecular complexity index is 647. The van der Waals surface area contributed by atoms with Crippen LogP contribution in [0.5, 0.6) is 0 Å². The van der Waals surface area contributed by atoms with Crippen LogP contribution < -0.4 is 0 Å². The Morgan fingerprint density at radius 1 is 0.516 bits per heavy atom. The van der Waals surface area contributed by atoms with Crippen molar-refractivity contribution in [3.8, 4) is 0 Å². The summed E-state index contributed by atoms with van der Waals surface area (Å²) >= 11 is 74.7. The number of hydrogen-bond donors (Lipinski definition) is 0. The van der Waals surface area contributed by atoms with Crippen molar-refractivity contribution >= 4 is 157 Å². The van der Waals surface area contributed by atoms with Gasteiger partial charge in [0.15, 0.2) is 0 Å². The predicted molar refractivity (Wildman–Crippen MR) is 158 cm³/mol. The van der Waals surface area contributed by atoms with Crippen LogP contribution in [0.1, 0.15) is 30.4 Å². The molecule has 0 aliphatic carbocycles. The second kappa shape index (κ2) is 13.4. The minimum Gasteiger partial charge on any atom is -0.126 e. The first-order valence-electron chi connectivity index (χ1n) is 9.17. The van der Waals surface area contributed by atoms with Gasteiger partial charge in [-0.1, -0.05) is 24.3 Å². The van der Waals surface area contributed by atoms with Gasteiger partial charge in [-0.15, -0.1) is 133 Å². The van der Waals surface area contributed by atoms with Gasteiger partial charge in [0.2, 0.25) is 0 Å². The smallest absolute Gasteiger partial charge is 0.126 e. The van der Waals surface area contributed by atoms with E-state index in [0.717, 1.165) is 11.1 Å².